The Labute approximate surface area is 127 Å². The number of benzene rings is 2. The van der Waals surface area contributed by atoms with Crippen LogP contribution in [0.25, 0.3) is 0 Å². The van der Waals surface area contributed by atoms with Crippen molar-refractivity contribution in [2.45, 2.75) is 13.3 Å². The highest BCUT2D eigenvalue weighted by atomic mass is 79.9. The molecule has 0 aromatic heterocycles. The first-order chi connectivity index (χ1) is 9.63. The van der Waals surface area contributed by atoms with Gasteiger partial charge in [0.15, 0.2) is 0 Å². The van der Waals surface area contributed by atoms with Gasteiger partial charge >= 0.3 is 0 Å². The first-order valence-electron chi connectivity index (χ1n) is 6.38. The monoisotopic (exact) mass is 333 g/mol. The molecule has 2 aromatic rings. The largest absolute Gasteiger partial charge is 0.497 e. The third-order valence-corrected chi connectivity index (χ3v) is 3.73. The van der Waals surface area contributed by atoms with Crippen molar-refractivity contribution in [1.82, 2.24) is 0 Å². The summed E-state index contributed by atoms with van der Waals surface area (Å²) in [6, 6.07) is 13.1. The van der Waals surface area contributed by atoms with E-state index in [2.05, 4.69) is 28.2 Å². The smallest absolute Gasteiger partial charge is 0.256 e. The summed E-state index contributed by atoms with van der Waals surface area (Å²) in [5.74, 6) is 0.486. The minimum Gasteiger partial charge on any atom is -0.497 e. The van der Waals surface area contributed by atoms with Crippen molar-refractivity contribution in [3.05, 3.63) is 58.1 Å². The minimum atomic E-state index is -0.167. The van der Waals surface area contributed by atoms with E-state index in [-0.39, 0.29) is 5.91 Å². The zero-order chi connectivity index (χ0) is 14.5. The number of nitrogens with one attached hydrogen (secondary N) is 1. The second kappa shape index (κ2) is 6.57. The van der Waals surface area contributed by atoms with Gasteiger partial charge in [-0.25, -0.2) is 0 Å². The predicted molar refractivity (Wildman–Crippen MR) is 84.5 cm³/mol. The molecular weight excluding hydrogens is 318 g/mol. The third kappa shape index (κ3) is 3.39. The van der Waals surface area contributed by atoms with Crippen LogP contribution in [-0.4, -0.2) is 13.0 Å². The maximum atomic E-state index is 12.3. The summed E-state index contributed by atoms with van der Waals surface area (Å²) in [4.78, 5) is 12.3. The molecule has 0 radical (unpaired) electrons. The van der Waals surface area contributed by atoms with Crippen LogP contribution in [0.4, 0.5) is 5.69 Å². The quantitative estimate of drug-likeness (QED) is 0.907. The van der Waals surface area contributed by atoms with Crippen LogP contribution in [0.5, 0.6) is 5.75 Å². The van der Waals surface area contributed by atoms with Gasteiger partial charge in [0.25, 0.3) is 5.91 Å². The number of halogens is 1. The number of aryl methyl sites for hydroxylation is 1. The molecule has 0 unspecified atom stereocenters. The van der Waals surface area contributed by atoms with Crippen LogP contribution in [-0.2, 0) is 6.42 Å². The molecule has 0 spiro atoms. The van der Waals surface area contributed by atoms with Crippen LogP contribution < -0.4 is 10.1 Å². The molecule has 0 heterocycles. The lowest BCUT2D eigenvalue weighted by Crippen LogP contribution is -2.12. The van der Waals surface area contributed by atoms with E-state index in [9.17, 15) is 4.79 Å². The highest BCUT2D eigenvalue weighted by molar-refractivity contribution is 9.10. The van der Waals surface area contributed by atoms with Gasteiger partial charge in [0.05, 0.1) is 12.7 Å². The molecular formula is C16H16BrNO2. The van der Waals surface area contributed by atoms with E-state index in [0.717, 1.165) is 16.6 Å². The van der Waals surface area contributed by atoms with Crippen molar-refractivity contribution in [2.75, 3.05) is 12.4 Å². The Morgan fingerprint density at radius 2 is 1.90 bits per heavy atom. The number of hydrogen-bond acceptors (Lipinski definition) is 2. The molecule has 0 fully saturated rings. The van der Waals surface area contributed by atoms with Gasteiger partial charge in [0.1, 0.15) is 5.75 Å². The first-order valence-corrected chi connectivity index (χ1v) is 7.17. The summed E-state index contributed by atoms with van der Waals surface area (Å²) < 4.78 is 5.88. The highest BCUT2D eigenvalue weighted by Crippen LogP contribution is 2.23. The number of carbonyl (C=O) groups excluding carboxylic acids is 1. The van der Waals surface area contributed by atoms with Gasteiger partial charge in [0.2, 0.25) is 0 Å². The van der Waals surface area contributed by atoms with Crippen LogP contribution in [0, 0.1) is 0 Å². The average Bonchev–Trinajstić information content (AvgIpc) is 2.48. The summed E-state index contributed by atoms with van der Waals surface area (Å²) in [6.45, 7) is 2.10. The zero-order valence-electron chi connectivity index (χ0n) is 11.4. The Morgan fingerprint density at radius 3 is 2.50 bits per heavy atom. The Balaban J connectivity index is 2.18. The lowest BCUT2D eigenvalue weighted by molar-refractivity contribution is 0.102. The van der Waals surface area contributed by atoms with E-state index >= 15 is 0 Å². The van der Waals surface area contributed by atoms with Crippen LogP contribution in [0.3, 0.4) is 0 Å². The maximum Gasteiger partial charge on any atom is 0.256 e. The molecule has 0 bridgehead atoms. The molecule has 0 aliphatic heterocycles. The molecule has 0 atom stereocenters. The molecule has 1 N–H and O–H groups in total. The van der Waals surface area contributed by atoms with Gasteiger partial charge in [-0.2, -0.15) is 0 Å². The van der Waals surface area contributed by atoms with E-state index in [1.54, 1.807) is 25.3 Å². The number of amides is 1. The predicted octanol–water partition coefficient (Wildman–Crippen LogP) is 4.27. The van der Waals surface area contributed by atoms with Crippen molar-refractivity contribution in [3.8, 4) is 5.75 Å². The number of methoxy groups -OCH3 is 1. The van der Waals surface area contributed by atoms with Crippen molar-refractivity contribution in [2.24, 2.45) is 0 Å². The standard InChI is InChI=1S/C16H16BrNO2/c1-3-11-4-6-12(7-5-11)18-16(19)14-10-13(20-2)8-9-15(14)17/h4-10H,3H2,1-2H3,(H,18,19). The molecule has 0 saturated carbocycles. The van der Waals surface area contributed by atoms with Gasteiger partial charge in [-0.15, -0.1) is 0 Å². The molecule has 3 nitrogen and oxygen atoms in total. The van der Waals surface area contributed by atoms with Crippen molar-refractivity contribution in [3.63, 3.8) is 0 Å². The van der Waals surface area contributed by atoms with E-state index in [1.165, 1.54) is 5.56 Å². The second-order valence-corrected chi connectivity index (χ2v) is 5.20. The highest BCUT2D eigenvalue weighted by Gasteiger charge is 2.11. The lowest BCUT2D eigenvalue weighted by atomic mass is 10.1. The fraction of sp³-hybridized carbons (Fsp3) is 0.188. The average molecular weight is 334 g/mol. The van der Waals surface area contributed by atoms with E-state index < -0.39 is 0 Å². The summed E-state index contributed by atoms with van der Waals surface area (Å²) in [5, 5.41) is 2.88. The topological polar surface area (TPSA) is 38.3 Å². The second-order valence-electron chi connectivity index (χ2n) is 4.35. The van der Waals surface area contributed by atoms with Gasteiger partial charge in [-0.3, -0.25) is 4.79 Å². The van der Waals surface area contributed by atoms with Crippen molar-refractivity contribution in [1.29, 1.82) is 0 Å². The maximum absolute atomic E-state index is 12.3. The number of carbonyl (C=O) groups is 1. The molecule has 104 valence electrons. The molecule has 0 aliphatic carbocycles. The normalized spacial score (nSPS) is 10.2. The first kappa shape index (κ1) is 14.6. The van der Waals surface area contributed by atoms with Crippen LogP contribution in [0.15, 0.2) is 46.9 Å². The lowest BCUT2D eigenvalue weighted by Gasteiger charge is -2.09. The van der Waals surface area contributed by atoms with Crippen LogP contribution in [0.1, 0.15) is 22.8 Å². The van der Waals surface area contributed by atoms with E-state index in [1.807, 2.05) is 24.3 Å². The Hall–Kier alpha value is -1.81. The van der Waals surface area contributed by atoms with Gasteiger partial charge in [-0.1, -0.05) is 19.1 Å². The SMILES string of the molecule is CCc1ccc(NC(=O)c2cc(OC)ccc2Br)cc1. The third-order valence-electron chi connectivity index (χ3n) is 3.04. The number of ether oxygens (including phenoxy) is 1. The van der Waals surface area contributed by atoms with Crippen LogP contribution >= 0.6 is 15.9 Å². The number of anilines is 1. The van der Waals surface area contributed by atoms with Gasteiger partial charge in [-0.05, 0) is 58.2 Å². The molecule has 2 rings (SSSR count). The van der Waals surface area contributed by atoms with E-state index in [0.29, 0.717) is 11.3 Å². The fourth-order valence-corrected chi connectivity index (χ4v) is 2.25. The summed E-state index contributed by atoms with van der Waals surface area (Å²) in [7, 11) is 1.58. The molecule has 1 amide bonds. The summed E-state index contributed by atoms with van der Waals surface area (Å²) >= 11 is 3.38. The van der Waals surface area contributed by atoms with Crippen molar-refractivity contribution < 1.29 is 9.53 Å². The molecule has 0 saturated heterocycles. The minimum absolute atomic E-state index is 0.167. The molecule has 4 heteroatoms. The number of hydrogen-bond donors (Lipinski definition) is 1. The van der Waals surface area contributed by atoms with Crippen LogP contribution in [0.2, 0.25) is 0 Å². The Kier molecular flexibility index (Phi) is 4.79. The van der Waals surface area contributed by atoms with Gasteiger partial charge in [0, 0.05) is 10.2 Å². The Bertz CT molecular complexity index is 608. The zero-order valence-corrected chi connectivity index (χ0v) is 13.0. The van der Waals surface area contributed by atoms with E-state index in [4.69, 9.17) is 4.74 Å². The molecule has 0 aliphatic rings. The summed E-state index contributed by atoms with van der Waals surface area (Å²) in [6.07, 6.45) is 0.982. The number of rotatable bonds is 4. The molecule has 20 heavy (non-hydrogen) atoms. The van der Waals surface area contributed by atoms with Crippen molar-refractivity contribution >= 4 is 27.5 Å². The fourth-order valence-electron chi connectivity index (χ4n) is 1.83. The summed E-state index contributed by atoms with van der Waals surface area (Å²) in [5.41, 5.74) is 2.57. The molecule has 2 aromatic carbocycles. The van der Waals surface area contributed by atoms with Gasteiger partial charge < -0.3 is 10.1 Å². The Morgan fingerprint density at radius 1 is 1.20 bits per heavy atom.